The Balaban J connectivity index is 1.66. The number of ether oxygens (including phenoxy) is 1. The molecular weight excluding hydrogens is 439 g/mol. The third kappa shape index (κ3) is 4.59. The van der Waals surface area contributed by atoms with Crippen molar-refractivity contribution in [1.29, 1.82) is 0 Å². The zero-order chi connectivity index (χ0) is 18.7. The monoisotopic (exact) mass is 456 g/mol. The summed E-state index contributed by atoms with van der Waals surface area (Å²) in [6.07, 6.45) is -0.0538. The number of nitrogens with zero attached hydrogens (tertiary/aromatic N) is 1. The third-order valence-electron chi connectivity index (χ3n) is 4.48. The number of halogens is 3. The summed E-state index contributed by atoms with van der Waals surface area (Å²) >= 11 is 15.6. The Morgan fingerprint density at radius 2 is 2.00 bits per heavy atom. The number of nitrogens with one attached hydrogen (secondary N) is 1. The third-order valence-corrected chi connectivity index (χ3v) is 5.82. The number of carbonyl (C=O) groups excluding carboxylic acids is 1. The average molecular weight is 458 g/mol. The standard InChI is InChI=1S/C19H19BrCl2N2O2/c1-12(19(25)23-16-4-2-3-15(21)18(16)22)24-9-10-26-17(11-24)13-5-7-14(20)8-6-13/h2-8,12,17H,9-11H2,1H3,(H,23,25). The first-order valence-corrected chi connectivity index (χ1v) is 9.86. The minimum absolute atomic E-state index is 0.0538. The van der Waals surface area contributed by atoms with Crippen LogP contribution in [0.3, 0.4) is 0 Å². The number of hydrogen-bond donors (Lipinski definition) is 1. The predicted octanol–water partition coefficient (Wildman–Crippen LogP) is 5.16. The molecule has 1 aliphatic rings. The lowest BCUT2D eigenvalue weighted by Gasteiger charge is -2.36. The molecule has 138 valence electrons. The zero-order valence-corrected chi connectivity index (χ0v) is 17.3. The Bertz CT molecular complexity index is 786. The zero-order valence-electron chi connectivity index (χ0n) is 14.2. The molecule has 26 heavy (non-hydrogen) atoms. The van der Waals surface area contributed by atoms with Crippen molar-refractivity contribution in [2.45, 2.75) is 19.1 Å². The van der Waals surface area contributed by atoms with Crippen molar-refractivity contribution in [3.8, 4) is 0 Å². The second kappa shape index (κ2) is 8.72. The summed E-state index contributed by atoms with van der Waals surface area (Å²) in [4.78, 5) is 14.8. The molecule has 0 aliphatic carbocycles. The van der Waals surface area contributed by atoms with Crippen molar-refractivity contribution in [2.24, 2.45) is 0 Å². The molecule has 7 heteroatoms. The topological polar surface area (TPSA) is 41.6 Å². The highest BCUT2D eigenvalue weighted by Crippen LogP contribution is 2.30. The highest BCUT2D eigenvalue weighted by Gasteiger charge is 2.29. The molecule has 0 aromatic heterocycles. The summed E-state index contributed by atoms with van der Waals surface area (Å²) in [5.74, 6) is -0.120. The van der Waals surface area contributed by atoms with Crippen LogP contribution in [0.4, 0.5) is 5.69 Å². The van der Waals surface area contributed by atoms with Gasteiger partial charge < -0.3 is 10.1 Å². The number of morpholine rings is 1. The van der Waals surface area contributed by atoms with E-state index in [1.807, 2.05) is 31.2 Å². The first-order chi connectivity index (χ1) is 12.5. The Morgan fingerprint density at radius 3 is 2.73 bits per heavy atom. The Morgan fingerprint density at radius 1 is 1.27 bits per heavy atom. The van der Waals surface area contributed by atoms with Gasteiger partial charge in [0.1, 0.15) is 0 Å². The molecule has 0 radical (unpaired) electrons. The van der Waals surface area contributed by atoms with E-state index in [2.05, 4.69) is 26.1 Å². The Kier molecular flexibility index (Phi) is 6.59. The van der Waals surface area contributed by atoms with Gasteiger partial charge in [-0.2, -0.15) is 0 Å². The van der Waals surface area contributed by atoms with Gasteiger partial charge in [-0.25, -0.2) is 0 Å². The number of hydrogen-bond acceptors (Lipinski definition) is 3. The van der Waals surface area contributed by atoms with Crippen molar-refractivity contribution in [3.63, 3.8) is 0 Å². The van der Waals surface area contributed by atoms with Gasteiger partial charge in [0, 0.05) is 17.6 Å². The van der Waals surface area contributed by atoms with Gasteiger partial charge in [-0.3, -0.25) is 9.69 Å². The quantitative estimate of drug-likeness (QED) is 0.689. The van der Waals surface area contributed by atoms with Gasteiger partial charge in [-0.15, -0.1) is 0 Å². The molecule has 2 unspecified atom stereocenters. The molecule has 3 rings (SSSR count). The van der Waals surface area contributed by atoms with E-state index in [4.69, 9.17) is 27.9 Å². The van der Waals surface area contributed by atoms with E-state index in [1.165, 1.54) is 0 Å². The molecule has 1 amide bonds. The summed E-state index contributed by atoms with van der Waals surface area (Å²) in [6, 6.07) is 12.9. The van der Waals surface area contributed by atoms with E-state index < -0.39 is 0 Å². The van der Waals surface area contributed by atoms with Crippen LogP contribution < -0.4 is 5.32 Å². The largest absolute Gasteiger partial charge is 0.371 e. The average Bonchev–Trinajstić information content (AvgIpc) is 2.65. The van der Waals surface area contributed by atoms with E-state index in [0.717, 1.165) is 10.0 Å². The van der Waals surface area contributed by atoms with Crippen molar-refractivity contribution in [2.75, 3.05) is 25.0 Å². The van der Waals surface area contributed by atoms with Gasteiger partial charge in [0.2, 0.25) is 5.91 Å². The molecular formula is C19H19BrCl2N2O2. The van der Waals surface area contributed by atoms with Crippen LogP contribution in [0.15, 0.2) is 46.9 Å². The minimum Gasteiger partial charge on any atom is -0.371 e. The molecule has 1 aliphatic heterocycles. The SMILES string of the molecule is CC(C(=O)Nc1cccc(Cl)c1Cl)N1CCOC(c2ccc(Br)cc2)C1. The molecule has 0 saturated carbocycles. The first-order valence-electron chi connectivity index (χ1n) is 8.31. The second-order valence-corrected chi connectivity index (χ2v) is 7.87. The van der Waals surface area contributed by atoms with E-state index in [9.17, 15) is 4.79 Å². The summed E-state index contributed by atoms with van der Waals surface area (Å²) in [5, 5.41) is 3.63. The maximum Gasteiger partial charge on any atom is 0.241 e. The smallest absolute Gasteiger partial charge is 0.241 e. The minimum atomic E-state index is -0.313. The molecule has 1 saturated heterocycles. The Labute approximate surface area is 171 Å². The highest BCUT2D eigenvalue weighted by molar-refractivity contribution is 9.10. The van der Waals surface area contributed by atoms with Crippen LogP contribution in [-0.4, -0.2) is 36.5 Å². The second-order valence-electron chi connectivity index (χ2n) is 6.17. The molecule has 0 bridgehead atoms. The summed E-state index contributed by atoms with van der Waals surface area (Å²) in [6.45, 7) is 3.82. The number of anilines is 1. The first kappa shape index (κ1) is 19.6. The van der Waals surface area contributed by atoms with Crippen LogP contribution in [0.2, 0.25) is 10.0 Å². The van der Waals surface area contributed by atoms with E-state index >= 15 is 0 Å². The van der Waals surface area contributed by atoms with Gasteiger partial charge in [0.05, 0.1) is 34.5 Å². The van der Waals surface area contributed by atoms with Crippen LogP contribution in [0, 0.1) is 0 Å². The van der Waals surface area contributed by atoms with Crippen LogP contribution in [0.1, 0.15) is 18.6 Å². The lowest BCUT2D eigenvalue weighted by Crippen LogP contribution is -2.48. The van der Waals surface area contributed by atoms with E-state index in [0.29, 0.717) is 35.4 Å². The van der Waals surface area contributed by atoms with E-state index in [1.54, 1.807) is 18.2 Å². The van der Waals surface area contributed by atoms with Crippen LogP contribution in [-0.2, 0) is 9.53 Å². The van der Waals surface area contributed by atoms with Gasteiger partial charge in [-0.1, -0.05) is 57.3 Å². The Hall–Kier alpha value is -1.11. The van der Waals surface area contributed by atoms with Gasteiger partial charge in [-0.05, 0) is 36.8 Å². The number of benzene rings is 2. The maximum atomic E-state index is 12.7. The molecule has 2 aromatic rings. The lowest BCUT2D eigenvalue weighted by molar-refractivity contribution is -0.124. The number of rotatable bonds is 4. The molecule has 0 spiro atoms. The van der Waals surface area contributed by atoms with Crippen molar-refractivity contribution in [3.05, 3.63) is 62.5 Å². The normalized spacial score (nSPS) is 19.2. The maximum absolute atomic E-state index is 12.7. The number of carbonyl (C=O) groups is 1. The van der Waals surface area contributed by atoms with Crippen molar-refractivity contribution >= 4 is 50.7 Å². The molecule has 1 fully saturated rings. The molecule has 2 aromatic carbocycles. The van der Waals surface area contributed by atoms with Gasteiger partial charge >= 0.3 is 0 Å². The predicted molar refractivity (Wildman–Crippen MR) is 109 cm³/mol. The lowest BCUT2D eigenvalue weighted by atomic mass is 10.1. The number of amides is 1. The van der Waals surface area contributed by atoms with E-state index in [-0.39, 0.29) is 18.1 Å². The van der Waals surface area contributed by atoms with Crippen molar-refractivity contribution in [1.82, 2.24) is 4.90 Å². The van der Waals surface area contributed by atoms with Gasteiger partial charge in [0.15, 0.2) is 0 Å². The van der Waals surface area contributed by atoms with Gasteiger partial charge in [0.25, 0.3) is 0 Å². The fourth-order valence-corrected chi connectivity index (χ4v) is 3.52. The molecule has 1 N–H and O–H groups in total. The summed E-state index contributed by atoms with van der Waals surface area (Å²) < 4.78 is 6.92. The highest BCUT2D eigenvalue weighted by atomic mass is 79.9. The fourth-order valence-electron chi connectivity index (χ4n) is 2.90. The van der Waals surface area contributed by atoms with Crippen LogP contribution in [0.5, 0.6) is 0 Å². The molecule has 4 nitrogen and oxygen atoms in total. The summed E-state index contributed by atoms with van der Waals surface area (Å²) in [7, 11) is 0. The van der Waals surface area contributed by atoms with Crippen LogP contribution >= 0.6 is 39.1 Å². The van der Waals surface area contributed by atoms with Crippen molar-refractivity contribution < 1.29 is 9.53 Å². The fraction of sp³-hybridized carbons (Fsp3) is 0.316. The summed E-state index contributed by atoms with van der Waals surface area (Å²) in [5.41, 5.74) is 1.62. The molecule has 2 atom stereocenters. The molecule has 1 heterocycles. The van der Waals surface area contributed by atoms with Crippen LogP contribution in [0.25, 0.3) is 0 Å².